The maximum atomic E-state index is 2.37. The Labute approximate surface area is 94.5 Å². The van der Waals surface area contributed by atoms with Crippen molar-refractivity contribution in [3.05, 3.63) is 23.0 Å². The lowest BCUT2D eigenvalue weighted by atomic mass is 9.90. The molecule has 0 unspecified atom stereocenters. The van der Waals surface area contributed by atoms with Gasteiger partial charge in [-0.15, -0.1) is 0 Å². The van der Waals surface area contributed by atoms with Gasteiger partial charge in [-0.1, -0.05) is 41.5 Å². The van der Waals surface area contributed by atoms with Crippen LogP contribution in [0.1, 0.15) is 58.5 Å². The van der Waals surface area contributed by atoms with Gasteiger partial charge < -0.3 is 4.57 Å². The van der Waals surface area contributed by atoms with E-state index in [1.165, 1.54) is 17.0 Å². The van der Waals surface area contributed by atoms with Crippen LogP contribution >= 0.6 is 0 Å². The molecule has 0 N–H and O–H groups in total. The van der Waals surface area contributed by atoms with Crippen LogP contribution < -0.4 is 0 Å². The van der Waals surface area contributed by atoms with Gasteiger partial charge in [0.05, 0.1) is 0 Å². The minimum absolute atomic E-state index is 0.225. The van der Waals surface area contributed by atoms with Gasteiger partial charge in [-0.2, -0.15) is 0 Å². The van der Waals surface area contributed by atoms with E-state index in [2.05, 4.69) is 66.1 Å². The van der Waals surface area contributed by atoms with Crippen molar-refractivity contribution in [2.24, 2.45) is 7.05 Å². The van der Waals surface area contributed by atoms with Crippen molar-refractivity contribution >= 4 is 0 Å². The zero-order valence-electron chi connectivity index (χ0n) is 11.5. The summed E-state index contributed by atoms with van der Waals surface area (Å²) in [6.07, 6.45) is 0. The van der Waals surface area contributed by atoms with Crippen molar-refractivity contribution < 1.29 is 0 Å². The number of rotatable bonds is 0. The summed E-state index contributed by atoms with van der Waals surface area (Å²) in [4.78, 5) is 0. The number of hydrogen-bond acceptors (Lipinski definition) is 0. The second kappa shape index (κ2) is 3.40. The smallest absolute Gasteiger partial charge is 0.0257 e. The van der Waals surface area contributed by atoms with Gasteiger partial charge in [-0.25, -0.2) is 0 Å². The molecule has 0 amide bonds. The quantitative estimate of drug-likeness (QED) is 0.607. The number of nitrogens with zero attached hydrogens (tertiary/aromatic N) is 1. The normalized spacial score (nSPS) is 13.3. The van der Waals surface area contributed by atoms with Crippen molar-refractivity contribution in [3.63, 3.8) is 0 Å². The zero-order chi connectivity index (χ0) is 12.0. The summed E-state index contributed by atoms with van der Waals surface area (Å²) in [7, 11) is 2.19. The third-order valence-electron chi connectivity index (χ3n) is 2.90. The van der Waals surface area contributed by atoms with Crippen LogP contribution in [0, 0.1) is 6.92 Å². The molecule has 0 aliphatic heterocycles. The molecule has 1 aromatic heterocycles. The average molecular weight is 207 g/mol. The molecule has 0 bridgehead atoms. The standard InChI is InChI=1S/C14H25N/c1-10-9-11(13(2,3)4)15(8)12(10)14(5,6)7/h9H,1-8H3. The van der Waals surface area contributed by atoms with E-state index in [9.17, 15) is 0 Å². The maximum Gasteiger partial charge on any atom is 0.0257 e. The first-order chi connectivity index (χ1) is 6.55. The Hall–Kier alpha value is -0.720. The Bertz CT molecular complexity index is 356. The van der Waals surface area contributed by atoms with E-state index in [1.807, 2.05) is 0 Å². The lowest BCUT2D eigenvalue weighted by Gasteiger charge is -2.25. The van der Waals surface area contributed by atoms with Gasteiger partial charge >= 0.3 is 0 Å². The summed E-state index contributed by atoms with van der Waals surface area (Å²) in [6.45, 7) is 15.9. The first-order valence-corrected chi connectivity index (χ1v) is 5.72. The van der Waals surface area contributed by atoms with Gasteiger partial charge in [0.15, 0.2) is 0 Å². The van der Waals surface area contributed by atoms with Crippen LogP contribution in [0.4, 0.5) is 0 Å². The topological polar surface area (TPSA) is 4.93 Å². The van der Waals surface area contributed by atoms with E-state index in [1.54, 1.807) is 0 Å². The second-order valence-electron chi connectivity index (χ2n) is 6.62. The third-order valence-corrected chi connectivity index (χ3v) is 2.90. The Morgan fingerprint density at radius 1 is 0.933 bits per heavy atom. The van der Waals surface area contributed by atoms with E-state index in [0.29, 0.717) is 0 Å². The summed E-state index contributed by atoms with van der Waals surface area (Å²) in [5.74, 6) is 0. The maximum absolute atomic E-state index is 2.37. The van der Waals surface area contributed by atoms with Gasteiger partial charge in [0.2, 0.25) is 0 Å². The molecule has 15 heavy (non-hydrogen) atoms. The van der Waals surface area contributed by atoms with E-state index in [0.717, 1.165) is 0 Å². The molecule has 0 spiro atoms. The number of aryl methyl sites for hydroxylation is 1. The molecule has 1 rings (SSSR count). The summed E-state index contributed by atoms with van der Waals surface area (Å²) < 4.78 is 2.37. The van der Waals surface area contributed by atoms with Crippen LogP contribution in [0.15, 0.2) is 6.07 Å². The fraction of sp³-hybridized carbons (Fsp3) is 0.714. The third kappa shape index (κ3) is 2.27. The first kappa shape index (κ1) is 12.4. The highest BCUT2D eigenvalue weighted by Crippen LogP contribution is 2.32. The lowest BCUT2D eigenvalue weighted by molar-refractivity contribution is 0.496. The van der Waals surface area contributed by atoms with E-state index < -0.39 is 0 Å². The monoisotopic (exact) mass is 207 g/mol. The molecule has 0 aliphatic carbocycles. The van der Waals surface area contributed by atoms with Crippen molar-refractivity contribution in [1.29, 1.82) is 0 Å². The average Bonchev–Trinajstić information content (AvgIpc) is 2.22. The van der Waals surface area contributed by atoms with E-state index in [4.69, 9.17) is 0 Å². The van der Waals surface area contributed by atoms with Crippen LogP contribution in [0.5, 0.6) is 0 Å². The van der Waals surface area contributed by atoms with Crippen molar-refractivity contribution in [1.82, 2.24) is 4.57 Å². The van der Waals surface area contributed by atoms with E-state index >= 15 is 0 Å². The number of aromatic nitrogens is 1. The van der Waals surface area contributed by atoms with Gasteiger partial charge in [0.1, 0.15) is 0 Å². The lowest BCUT2D eigenvalue weighted by Crippen LogP contribution is -2.22. The second-order valence-corrected chi connectivity index (χ2v) is 6.62. The highest BCUT2D eigenvalue weighted by Gasteiger charge is 2.26. The predicted molar refractivity (Wildman–Crippen MR) is 67.6 cm³/mol. The molecule has 86 valence electrons. The van der Waals surface area contributed by atoms with Gasteiger partial charge in [0.25, 0.3) is 0 Å². The van der Waals surface area contributed by atoms with E-state index in [-0.39, 0.29) is 10.8 Å². The van der Waals surface area contributed by atoms with Crippen LogP contribution in [0.2, 0.25) is 0 Å². The Morgan fingerprint density at radius 3 is 1.60 bits per heavy atom. The summed E-state index contributed by atoms with van der Waals surface area (Å²) in [6, 6.07) is 2.33. The molecule has 0 aliphatic rings. The molecule has 1 aromatic rings. The van der Waals surface area contributed by atoms with Crippen LogP contribution in [-0.4, -0.2) is 4.57 Å². The van der Waals surface area contributed by atoms with Crippen LogP contribution in [0.3, 0.4) is 0 Å². The summed E-state index contributed by atoms with van der Waals surface area (Å²) in [5, 5.41) is 0. The van der Waals surface area contributed by atoms with Crippen molar-refractivity contribution in [2.45, 2.75) is 59.3 Å². The van der Waals surface area contributed by atoms with Crippen LogP contribution in [0.25, 0.3) is 0 Å². The summed E-state index contributed by atoms with van der Waals surface area (Å²) >= 11 is 0. The SMILES string of the molecule is Cc1cc(C(C)(C)C)n(C)c1C(C)(C)C. The highest BCUT2D eigenvalue weighted by molar-refractivity contribution is 5.34. The molecular formula is C14H25N. The molecule has 1 nitrogen and oxygen atoms in total. The summed E-state index contributed by atoms with van der Waals surface area (Å²) in [5.41, 5.74) is 4.73. The minimum Gasteiger partial charge on any atom is -0.350 e. The van der Waals surface area contributed by atoms with Gasteiger partial charge in [-0.3, -0.25) is 0 Å². The Kier molecular flexibility index (Phi) is 2.80. The molecule has 0 saturated carbocycles. The molecule has 0 atom stereocenters. The van der Waals surface area contributed by atoms with Crippen LogP contribution in [-0.2, 0) is 17.9 Å². The van der Waals surface area contributed by atoms with Gasteiger partial charge in [0, 0.05) is 29.3 Å². The van der Waals surface area contributed by atoms with Crippen molar-refractivity contribution in [3.8, 4) is 0 Å². The molecular weight excluding hydrogens is 182 g/mol. The molecule has 0 radical (unpaired) electrons. The number of hydrogen-bond donors (Lipinski definition) is 0. The Balaban J connectivity index is 3.41. The fourth-order valence-corrected chi connectivity index (χ4v) is 2.57. The zero-order valence-corrected chi connectivity index (χ0v) is 11.5. The largest absolute Gasteiger partial charge is 0.350 e. The van der Waals surface area contributed by atoms with Gasteiger partial charge in [-0.05, 0) is 18.6 Å². The molecule has 0 saturated heterocycles. The molecule has 0 fully saturated rings. The predicted octanol–water partition coefficient (Wildman–Crippen LogP) is 3.93. The fourth-order valence-electron chi connectivity index (χ4n) is 2.57. The molecule has 1 heterocycles. The highest BCUT2D eigenvalue weighted by atomic mass is 15.0. The Morgan fingerprint density at radius 2 is 1.40 bits per heavy atom. The molecule has 0 aromatic carbocycles. The molecule has 1 heteroatoms. The minimum atomic E-state index is 0.225. The van der Waals surface area contributed by atoms with Crippen molar-refractivity contribution in [2.75, 3.05) is 0 Å². The first-order valence-electron chi connectivity index (χ1n) is 5.72.